The summed E-state index contributed by atoms with van der Waals surface area (Å²) in [6.45, 7) is 0. The Kier molecular flexibility index (Phi) is 4.60. The maximum Gasteiger partial charge on any atom is 0.168 e. The van der Waals surface area contributed by atoms with Gasteiger partial charge in [0.25, 0.3) is 0 Å². The summed E-state index contributed by atoms with van der Waals surface area (Å²) in [5.41, 5.74) is 1.52. The molecule has 2 aromatic carbocycles. The number of hydrogen-bond acceptors (Lipinski definition) is 1. The van der Waals surface area contributed by atoms with Crippen LogP contribution in [0.15, 0.2) is 51.4 Å². The topological polar surface area (TPSA) is 17.1 Å². The van der Waals surface area contributed by atoms with Gasteiger partial charge in [-0.05, 0) is 35.9 Å². The highest BCUT2D eigenvalue weighted by Crippen LogP contribution is 2.23. The maximum absolute atomic E-state index is 12.1. The molecule has 0 fully saturated rings. The van der Waals surface area contributed by atoms with E-state index in [1.165, 1.54) is 0 Å². The molecule has 0 radical (unpaired) electrons. The van der Waals surface area contributed by atoms with Crippen molar-refractivity contribution in [2.24, 2.45) is 0 Å². The summed E-state index contributed by atoms with van der Waals surface area (Å²) in [5, 5.41) is 0.476. The van der Waals surface area contributed by atoms with Crippen LogP contribution in [0.2, 0.25) is 5.02 Å². The Morgan fingerprint density at radius 2 is 1.78 bits per heavy atom. The third kappa shape index (κ3) is 3.44. The van der Waals surface area contributed by atoms with E-state index in [-0.39, 0.29) is 5.78 Å². The van der Waals surface area contributed by atoms with E-state index < -0.39 is 0 Å². The van der Waals surface area contributed by atoms with Gasteiger partial charge in [-0.15, -0.1) is 0 Å². The Balaban J connectivity index is 2.22. The number of carbonyl (C=O) groups is 1. The smallest absolute Gasteiger partial charge is 0.168 e. The van der Waals surface area contributed by atoms with Gasteiger partial charge in [0.1, 0.15) is 0 Å². The summed E-state index contributed by atoms with van der Waals surface area (Å²) in [6, 6.07) is 13.0. The third-order valence-electron chi connectivity index (χ3n) is 2.49. The van der Waals surface area contributed by atoms with Crippen molar-refractivity contribution in [2.45, 2.75) is 6.42 Å². The summed E-state index contributed by atoms with van der Waals surface area (Å²) in [6.07, 6.45) is 0.348. The van der Waals surface area contributed by atoms with Gasteiger partial charge >= 0.3 is 0 Å². The highest BCUT2D eigenvalue weighted by Gasteiger charge is 2.11. The van der Waals surface area contributed by atoms with Gasteiger partial charge in [-0.3, -0.25) is 4.79 Å². The van der Waals surface area contributed by atoms with Crippen molar-refractivity contribution in [2.75, 3.05) is 0 Å². The first-order chi connectivity index (χ1) is 8.56. The van der Waals surface area contributed by atoms with Crippen molar-refractivity contribution in [1.29, 1.82) is 0 Å². The number of carbonyl (C=O) groups excluding carboxylic acids is 1. The van der Waals surface area contributed by atoms with Crippen LogP contribution >= 0.6 is 43.5 Å². The summed E-state index contributed by atoms with van der Waals surface area (Å²) in [4.78, 5) is 12.1. The van der Waals surface area contributed by atoms with Crippen molar-refractivity contribution in [3.8, 4) is 0 Å². The second-order valence-corrected chi connectivity index (χ2v) is 6.09. The monoisotopic (exact) mass is 386 g/mol. The highest BCUT2D eigenvalue weighted by molar-refractivity contribution is 9.10. The van der Waals surface area contributed by atoms with Crippen LogP contribution in [0.3, 0.4) is 0 Å². The molecule has 0 N–H and O–H groups in total. The Bertz CT molecular complexity index is 596. The molecule has 0 aliphatic carbocycles. The minimum atomic E-state index is 0.0191. The van der Waals surface area contributed by atoms with Gasteiger partial charge in [0, 0.05) is 20.9 Å². The van der Waals surface area contributed by atoms with Gasteiger partial charge in [0.2, 0.25) is 0 Å². The van der Waals surface area contributed by atoms with Crippen LogP contribution in [0.5, 0.6) is 0 Å². The molecule has 0 aliphatic heterocycles. The van der Waals surface area contributed by atoms with Gasteiger partial charge in [-0.2, -0.15) is 0 Å². The fraction of sp³-hybridized carbons (Fsp3) is 0.0714. The van der Waals surface area contributed by atoms with Crippen LogP contribution in [-0.4, -0.2) is 5.78 Å². The summed E-state index contributed by atoms with van der Waals surface area (Å²) in [5.74, 6) is 0.0191. The summed E-state index contributed by atoms with van der Waals surface area (Å²) < 4.78 is 1.83. The molecule has 0 unspecified atom stereocenters. The van der Waals surface area contributed by atoms with Crippen LogP contribution in [0.1, 0.15) is 15.9 Å². The lowest BCUT2D eigenvalue weighted by molar-refractivity contribution is 0.0993. The van der Waals surface area contributed by atoms with Gasteiger partial charge in [0.05, 0.1) is 5.02 Å². The second kappa shape index (κ2) is 6.00. The van der Waals surface area contributed by atoms with E-state index in [1.807, 2.05) is 30.3 Å². The molecule has 18 heavy (non-hydrogen) atoms. The van der Waals surface area contributed by atoms with Crippen molar-refractivity contribution >= 4 is 49.2 Å². The first-order valence-electron chi connectivity index (χ1n) is 5.29. The van der Waals surface area contributed by atoms with E-state index in [2.05, 4.69) is 31.9 Å². The number of rotatable bonds is 3. The first kappa shape index (κ1) is 13.8. The molecular weight excluding hydrogens is 379 g/mol. The number of halogens is 3. The normalized spacial score (nSPS) is 10.4. The zero-order valence-corrected chi connectivity index (χ0v) is 13.2. The van der Waals surface area contributed by atoms with Crippen molar-refractivity contribution in [3.05, 3.63) is 67.6 Å². The number of hydrogen-bond donors (Lipinski definition) is 0. The van der Waals surface area contributed by atoms with Crippen LogP contribution in [-0.2, 0) is 6.42 Å². The predicted octanol–water partition coefficient (Wildman–Crippen LogP) is 5.29. The predicted molar refractivity (Wildman–Crippen MR) is 81.3 cm³/mol. The van der Waals surface area contributed by atoms with E-state index >= 15 is 0 Å². The molecule has 0 spiro atoms. The van der Waals surface area contributed by atoms with Crippen LogP contribution in [0, 0.1) is 0 Å². The molecule has 0 aromatic heterocycles. The molecule has 0 atom stereocenters. The first-order valence-corrected chi connectivity index (χ1v) is 7.25. The van der Waals surface area contributed by atoms with E-state index in [4.69, 9.17) is 11.6 Å². The molecule has 1 nitrogen and oxygen atoms in total. The molecule has 0 heterocycles. The number of ketones is 1. The quantitative estimate of drug-likeness (QED) is 0.653. The average Bonchev–Trinajstić information content (AvgIpc) is 2.28. The molecule has 0 saturated carbocycles. The molecule has 2 aromatic rings. The fourth-order valence-electron chi connectivity index (χ4n) is 1.64. The minimum Gasteiger partial charge on any atom is -0.294 e. The fourth-order valence-corrected chi connectivity index (χ4v) is 2.87. The standard InChI is InChI=1S/C14H9Br2ClO/c15-10-3-1-2-9(6-10)7-14(18)12-5-4-11(16)8-13(12)17/h1-6,8H,7H2. The summed E-state index contributed by atoms with van der Waals surface area (Å²) in [7, 11) is 0. The van der Waals surface area contributed by atoms with Crippen molar-refractivity contribution in [3.63, 3.8) is 0 Å². The Labute approximate surface area is 127 Å². The van der Waals surface area contributed by atoms with Gasteiger partial charge in [-0.25, -0.2) is 0 Å². The molecule has 92 valence electrons. The second-order valence-electron chi connectivity index (χ2n) is 3.85. The number of Topliss-reactive ketones (excluding diaryl/α,β-unsaturated/α-hetero) is 1. The van der Waals surface area contributed by atoms with Gasteiger partial charge in [0.15, 0.2) is 5.78 Å². The van der Waals surface area contributed by atoms with Crippen molar-refractivity contribution < 1.29 is 4.79 Å². The molecule has 4 heteroatoms. The average molecular weight is 388 g/mol. The lowest BCUT2D eigenvalue weighted by atomic mass is 10.0. The maximum atomic E-state index is 12.1. The van der Waals surface area contributed by atoms with Gasteiger partial charge in [-0.1, -0.05) is 55.6 Å². The SMILES string of the molecule is O=C(Cc1cccc(Br)c1)c1ccc(Br)cc1Cl. The Morgan fingerprint density at radius 3 is 2.44 bits per heavy atom. The zero-order valence-electron chi connectivity index (χ0n) is 9.29. The molecule has 0 bridgehead atoms. The lowest BCUT2D eigenvalue weighted by Crippen LogP contribution is -2.04. The molecule has 0 saturated heterocycles. The van der Waals surface area contributed by atoms with E-state index in [0.717, 1.165) is 14.5 Å². The highest BCUT2D eigenvalue weighted by atomic mass is 79.9. The molecular formula is C14H9Br2ClO. The zero-order chi connectivity index (χ0) is 13.1. The molecule has 0 aliphatic rings. The minimum absolute atomic E-state index is 0.0191. The Hall–Kier alpha value is -0.640. The Morgan fingerprint density at radius 1 is 1.06 bits per heavy atom. The number of benzene rings is 2. The van der Waals surface area contributed by atoms with Crippen molar-refractivity contribution in [1.82, 2.24) is 0 Å². The lowest BCUT2D eigenvalue weighted by Gasteiger charge is -2.05. The van der Waals surface area contributed by atoms with Crippen LogP contribution in [0.4, 0.5) is 0 Å². The van der Waals surface area contributed by atoms with Crippen LogP contribution in [0.25, 0.3) is 0 Å². The molecule has 2 rings (SSSR count). The molecule has 0 amide bonds. The van der Waals surface area contributed by atoms with Crippen LogP contribution < -0.4 is 0 Å². The third-order valence-corrected chi connectivity index (χ3v) is 3.78. The summed E-state index contributed by atoms with van der Waals surface area (Å²) >= 11 is 12.8. The van der Waals surface area contributed by atoms with E-state index in [9.17, 15) is 4.79 Å². The largest absolute Gasteiger partial charge is 0.294 e. The van der Waals surface area contributed by atoms with E-state index in [0.29, 0.717) is 17.0 Å². The van der Waals surface area contributed by atoms with Gasteiger partial charge < -0.3 is 0 Å². The van der Waals surface area contributed by atoms with E-state index in [1.54, 1.807) is 12.1 Å².